The second-order valence-corrected chi connectivity index (χ2v) is 27.4. The summed E-state index contributed by atoms with van der Waals surface area (Å²) in [7, 11) is 4.37. The summed E-state index contributed by atoms with van der Waals surface area (Å²) >= 11 is 0. The highest BCUT2D eigenvalue weighted by molar-refractivity contribution is 6.97. The van der Waals surface area contributed by atoms with Gasteiger partial charge >= 0.3 is 0 Å². The first-order chi connectivity index (χ1) is 8.86. The molecular weight excluding hydrogens is 331 g/mol. The number of nitrogens with one attached hydrogen (secondary N) is 1. The highest BCUT2D eigenvalue weighted by Gasteiger charge is 2.49. The van der Waals surface area contributed by atoms with Crippen LogP contribution in [0.5, 0.6) is 0 Å². The van der Waals surface area contributed by atoms with E-state index in [0.29, 0.717) is 0 Å². The lowest BCUT2D eigenvalue weighted by Crippen LogP contribution is -2.80. The number of hydrogen-bond acceptors (Lipinski definition) is 5. The summed E-state index contributed by atoms with van der Waals surface area (Å²) in [5.74, 6) is 0. The van der Waals surface area contributed by atoms with Crippen molar-refractivity contribution in [2.45, 2.75) is 39.3 Å². The van der Waals surface area contributed by atoms with Gasteiger partial charge in [-0.25, -0.2) is 0 Å². The molecule has 0 radical (unpaired) electrons. The van der Waals surface area contributed by atoms with E-state index in [1.165, 1.54) is 0 Å². The molecule has 1 heterocycles. The largest absolute Gasteiger partial charge is 0.346 e. The Labute approximate surface area is 134 Å². The molecule has 0 aromatic heterocycles. The molecule has 0 spiro atoms. The van der Waals surface area contributed by atoms with E-state index in [1.54, 1.807) is 0 Å². The van der Waals surface area contributed by atoms with Crippen molar-refractivity contribution in [3.63, 3.8) is 0 Å². The Balaban J connectivity index is 3.24. The van der Waals surface area contributed by atoms with Crippen molar-refractivity contribution in [3.05, 3.63) is 0 Å². The lowest BCUT2D eigenvalue weighted by Gasteiger charge is -2.57. The smallest absolute Gasteiger partial charge is 0.188 e. The first kappa shape index (κ1) is 18.9. The van der Waals surface area contributed by atoms with Crippen LogP contribution in [0.25, 0.3) is 0 Å². The van der Waals surface area contributed by atoms with Gasteiger partial charge in [-0.2, -0.15) is 0 Å². The monoisotopic (exact) mass is 365 g/mol. The molecule has 5 nitrogen and oxygen atoms in total. The third kappa shape index (κ3) is 3.28. The standard InChI is InChI=1S/C10H35N5Si5/c1-12-16-11-17-13(2)19(7,8)15(4)20(9,10)14(3)18(12,5)6/h11H,16-17H2,1-10H3. The van der Waals surface area contributed by atoms with Gasteiger partial charge < -0.3 is 21.6 Å². The van der Waals surface area contributed by atoms with E-state index in [-0.39, 0.29) is 19.7 Å². The lowest BCUT2D eigenvalue weighted by atomic mass is 11.5. The molecule has 0 atom stereocenters. The van der Waals surface area contributed by atoms with Crippen molar-refractivity contribution in [3.8, 4) is 0 Å². The molecule has 0 bridgehead atoms. The summed E-state index contributed by atoms with van der Waals surface area (Å²) in [6, 6.07) is 0. The van der Waals surface area contributed by atoms with E-state index in [9.17, 15) is 0 Å². The minimum Gasteiger partial charge on any atom is -0.346 e. The van der Waals surface area contributed by atoms with E-state index in [4.69, 9.17) is 0 Å². The van der Waals surface area contributed by atoms with Crippen molar-refractivity contribution >= 4 is 44.9 Å². The van der Waals surface area contributed by atoms with E-state index in [0.717, 1.165) is 0 Å². The molecule has 1 N–H and O–H groups in total. The summed E-state index contributed by atoms with van der Waals surface area (Å²) in [4.78, 5) is 0. The van der Waals surface area contributed by atoms with Crippen LogP contribution in [0.3, 0.4) is 0 Å². The predicted molar refractivity (Wildman–Crippen MR) is 104 cm³/mol. The number of nitrogens with zero attached hydrogens (tertiary/aromatic N) is 4. The zero-order valence-electron chi connectivity index (χ0n) is 15.2. The topological polar surface area (TPSA) is 25.0 Å². The van der Waals surface area contributed by atoms with Gasteiger partial charge in [-0.3, -0.25) is 0 Å². The third-order valence-corrected chi connectivity index (χ3v) is 31.0. The molecule has 0 unspecified atom stereocenters. The summed E-state index contributed by atoms with van der Waals surface area (Å²) in [5.41, 5.74) is 0. The van der Waals surface area contributed by atoms with E-state index < -0.39 is 25.2 Å². The summed E-state index contributed by atoms with van der Waals surface area (Å²) in [6.07, 6.45) is 0. The van der Waals surface area contributed by atoms with Crippen molar-refractivity contribution in [2.75, 3.05) is 28.2 Å². The molecule has 0 aromatic carbocycles. The highest BCUT2D eigenvalue weighted by Crippen LogP contribution is 2.27. The van der Waals surface area contributed by atoms with E-state index in [2.05, 4.69) is 89.0 Å². The second kappa shape index (κ2) is 6.18. The Morgan fingerprint density at radius 1 is 0.600 bits per heavy atom. The molecule has 0 aromatic rings. The van der Waals surface area contributed by atoms with Gasteiger partial charge in [0.2, 0.25) is 0 Å². The number of rotatable bonds is 0. The third-order valence-electron chi connectivity index (χ3n) is 5.85. The summed E-state index contributed by atoms with van der Waals surface area (Å²) in [5, 5.41) is 0. The van der Waals surface area contributed by atoms with Gasteiger partial charge in [0.05, 0.1) is 0 Å². The average Bonchev–Trinajstić information content (AvgIpc) is 2.35. The van der Waals surface area contributed by atoms with Crippen LogP contribution in [0.4, 0.5) is 0 Å². The van der Waals surface area contributed by atoms with Crippen LogP contribution < -0.4 is 4.65 Å². The Morgan fingerprint density at radius 3 is 1.20 bits per heavy atom. The normalized spacial score (nSPS) is 32.7. The van der Waals surface area contributed by atoms with Crippen LogP contribution in [0, 0.1) is 0 Å². The first-order valence-electron chi connectivity index (χ1n) is 7.47. The molecule has 0 amide bonds. The molecule has 1 fully saturated rings. The summed E-state index contributed by atoms with van der Waals surface area (Å²) < 4.78 is 15.0. The lowest BCUT2D eigenvalue weighted by molar-refractivity contribution is 0.540. The van der Waals surface area contributed by atoms with Gasteiger partial charge in [-0.15, -0.1) is 0 Å². The minimum atomic E-state index is -1.57. The highest BCUT2D eigenvalue weighted by atomic mass is 28.5. The molecule has 1 aliphatic rings. The molecule has 120 valence electrons. The van der Waals surface area contributed by atoms with Crippen LogP contribution in [0.1, 0.15) is 0 Å². The quantitative estimate of drug-likeness (QED) is 0.579. The molecule has 0 saturated carbocycles. The van der Waals surface area contributed by atoms with Gasteiger partial charge in [-0.1, -0.05) is 0 Å². The maximum Gasteiger partial charge on any atom is 0.188 e. The van der Waals surface area contributed by atoms with Crippen LogP contribution in [0.15, 0.2) is 0 Å². The van der Waals surface area contributed by atoms with Crippen LogP contribution in [-0.4, -0.2) is 90.0 Å². The number of hydrogen-bond donors (Lipinski definition) is 1. The Morgan fingerprint density at radius 2 is 0.900 bits per heavy atom. The average molecular weight is 366 g/mol. The van der Waals surface area contributed by atoms with Crippen LogP contribution in [-0.2, 0) is 0 Å². The van der Waals surface area contributed by atoms with Gasteiger partial charge in [0.15, 0.2) is 44.9 Å². The van der Waals surface area contributed by atoms with Crippen LogP contribution >= 0.6 is 0 Å². The Bertz CT molecular complexity index is 321. The molecule has 1 saturated heterocycles. The van der Waals surface area contributed by atoms with Gasteiger partial charge in [0, 0.05) is 0 Å². The fourth-order valence-corrected chi connectivity index (χ4v) is 27.6. The molecule has 10 heteroatoms. The van der Waals surface area contributed by atoms with Gasteiger partial charge in [0.25, 0.3) is 0 Å². The van der Waals surface area contributed by atoms with Crippen molar-refractivity contribution < 1.29 is 0 Å². The molecule has 1 rings (SSSR count). The van der Waals surface area contributed by atoms with Crippen molar-refractivity contribution in [1.29, 1.82) is 0 Å². The Hall–Kier alpha value is 0.884. The van der Waals surface area contributed by atoms with Crippen LogP contribution in [0.2, 0.25) is 39.3 Å². The minimum absolute atomic E-state index is 0.294. The van der Waals surface area contributed by atoms with Gasteiger partial charge in [0.1, 0.15) is 0 Å². The Kier molecular flexibility index (Phi) is 5.85. The zero-order chi connectivity index (χ0) is 15.9. The first-order valence-corrected chi connectivity index (χ1v) is 18.8. The van der Waals surface area contributed by atoms with Crippen molar-refractivity contribution in [1.82, 2.24) is 21.6 Å². The second-order valence-electron chi connectivity index (χ2n) is 7.56. The molecular formula is C10H35N5Si5. The maximum atomic E-state index is 3.90. The fourth-order valence-electron chi connectivity index (χ4n) is 2.85. The van der Waals surface area contributed by atoms with Crippen molar-refractivity contribution in [2.24, 2.45) is 0 Å². The summed E-state index contributed by atoms with van der Waals surface area (Å²) in [6.45, 7) is 15.2. The fraction of sp³-hybridized carbons (Fsp3) is 1.00. The predicted octanol–water partition coefficient (Wildman–Crippen LogP) is -0.580. The SMILES string of the molecule is CN1[SiH2]N[SiH2]N(C)[Si](C)(C)N(C)[Si](C)(C)N(C)[Si]1(C)C. The molecule has 1 aliphatic heterocycles. The van der Waals surface area contributed by atoms with E-state index in [1.807, 2.05) is 0 Å². The van der Waals surface area contributed by atoms with Gasteiger partial charge in [-0.05, 0) is 67.5 Å². The molecule has 20 heavy (non-hydrogen) atoms. The van der Waals surface area contributed by atoms with E-state index >= 15 is 0 Å². The zero-order valence-corrected chi connectivity index (χ0v) is 21.0. The molecule has 0 aliphatic carbocycles. The maximum absolute atomic E-state index is 3.90.